The van der Waals surface area contributed by atoms with Crippen LogP contribution in [-0.4, -0.2) is 14.1 Å². The van der Waals surface area contributed by atoms with Gasteiger partial charge in [-0.25, -0.2) is 9.78 Å². The Morgan fingerprint density at radius 3 is 2.50 bits per heavy atom. The van der Waals surface area contributed by atoms with Crippen molar-refractivity contribution in [3.8, 4) is 0 Å². The number of hydrogen-bond acceptors (Lipinski definition) is 4. The van der Waals surface area contributed by atoms with Crippen LogP contribution in [0.5, 0.6) is 0 Å². The molecule has 0 atom stereocenters. The zero-order valence-electron chi connectivity index (χ0n) is 13.6. The van der Waals surface area contributed by atoms with Gasteiger partial charge >= 0.3 is 5.69 Å². The molecule has 26 heavy (non-hydrogen) atoms. The molecular formula is C19H14ClN3O2S. The molecule has 0 bridgehead atoms. The Labute approximate surface area is 157 Å². The number of benzene rings is 1. The molecule has 130 valence electrons. The molecule has 0 saturated carbocycles. The van der Waals surface area contributed by atoms with Gasteiger partial charge in [-0.15, -0.1) is 11.3 Å². The topological polar surface area (TPSA) is 56.9 Å². The van der Waals surface area contributed by atoms with Crippen molar-refractivity contribution in [1.82, 2.24) is 14.1 Å². The van der Waals surface area contributed by atoms with Gasteiger partial charge < -0.3 is 0 Å². The molecule has 0 saturated heterocycles. The molecule has 5 nitrogen and oxygen atoms in total. The SMILES string of the molecule is O=c1c2cccnc2n(Cc2ccc(Cl)cc2)c(=O)n1Cc1cccs1. The Bertz CT molecular complexity index is 1180. The van der Waals surface area contributed by atoms with Crippen molar-refractivity contribution in [3.63, 3.8) is 0 Å². The fourth-order valence-electron chi connectivity index (χ4n) is 2.86. The maximum Gasteiger partial charge on any atom is 0.333 e. The van der Waals surface area contributed by atoms with Crippen molar-refractivity contribution in [2.45, 2.75) is 13.1 Å². The van der Waals surface area contributed by atoms with E-state index >= 15 is 0 Å². The third-order valence-corrected chi connectivity index (χ3v) is 5.24. The van der Waals surface area contributed by atoms with E-state index in [9.17, 15) is 9.59 Å². The average molecular weight is 384 g/mol. The minimum atomic E-state index is -0.371. The van der Waals surface area contributed by atoms with Crippen LogP contribution in [0.4, 0.5) is 0 Å². The molecule has 0 aliphatic rings. The third kappa shape index (κ3) is 3.09. The summed E-state index contributed by atoms with van der Waals surface area (Å²) in [5.74, 6) is 0. The highest BCUT2D eigenvalue weighted by Gasteiger charge is 2.14. The second kappa shape index (κ2) is 6.90. The van der Waals surface area contributed by atoms with Gasteiger partial charge in [0.25, 0.3) is 5.56 Å². The summed E-state index contributed by atoms with van der Waals surface area (Å²) in [6.45, 7) is 0.565. The van der Waals surface area contributed by atoms with Crippen LogP contribution >= 0.6 is 22.9 Å². The van der Waals surface area contributed by atoms with Gasteiger partial charge in [-0.3, -0.25) is 13.9 Å². The molecule has 3 heterocycles. The number of nitrogens with zero attached hydrogens (tertiary/aromatic N) is 3. The van der Waals surface area contributed by atoms with E-state index in [1.165, 1.54) is 20.5 Å². The molecule has 1 aromatic carbocycles. The summed E-state index contributed by atoms with van der Waals surface area (Å²) in [6, 6.07) is 14.5. The predicted octanol–water partition coefficient (Wildman–Crippen LogP) is 3.37. The van der Waals surface area contributed by atoms with Crippen LogP contribution in [-0.2, 0) is 13.1 Å². The highest BCUT2D eigenvalue weighted by molar-refractivity contribution is 7.09. The van der Waals surface area contributed by atoms with Crippen molar-refractivity contribution in [1.29, 1.82) is 0 Å². The third-order valence-electron chi connectivity index (χ3n) is 4.13. The summed E-state index contributed by atoms with van der Waals surface area (Å²) >= 11 is 7.46. The van der Waals surface area contributed by atoms with Crippen molar-refractivity contribution >= 4 is 34.0 Å². The van der Waals surface area contributed by atoms with Gasteiger partial charge in [0.05, 0.1) is 18.5 Å². The fourth-order valence-corrected chi connectivity index (χ4v) is 3.68. The first-order chi connectivity index (χ1) is 12.6. The Kier molecular flexibility index (Phi) is 4.44. The molecule has 0 unspecified atom stereocenters. The van der Waals surface area contributed by atoms with Crippen molar-refractivity contribution < 1.29 is 0 Å². The lowest BCUT2D eigenvalue weighted by Crippen LogP contribution is -2.40. The minimum absolute atomic E-state index is 0.251. The number of aromatic nitrogens is 3. The largest absolute Gasteiger partial charge is 0.333 e. The molecule has 4 rings (SSSR count). The lowest BCUT2D eigenvalue weighted by molar-refractivity contribution is 0.634. The minimum Gasteiger partial charge on any atom is -0.273 e. The van der Waals surface area contributed by atoms with Crippen LogP contribution in [0.1, 0.15) is 10.4 Å². The van der Waals surface area contributed by atoms with Crippen molar-refractivity contribution in [2.75, 3.05) is 0 Å². The second-order valence-electron chi connectivity index (χ2n) is 5.84. The maximum atomic E-state index is 13.1. The summed E-state index contributed by atoms with van der Waals surface area (Å²) in [5.41, 5.74) is 0.605. The molecule has 0 aliphatic carbocycles. The van der Waals surface area contributed by atoms with Crippen LogP contribution in [0.15, 0.2) is 69.7 Å². The van der Waals surface area contributed by atoms with Gasteiger partial charge in [0.2, 0.25) is 0 Å². The number of halogens is 1. The van der Waals surface area contributed by atoms with E-state index in [1.54, 1.807) is 30.5 Å². The average Bonchev–Trinajstić information content (AvgIpc) is 3.17. The standard InChI is InChI=1S/C19H14ClN3O2S/c20-14-7-5-13(6-8-14)11-22-17-16(4-1-9-21-17)18(24)23(19(22)25)12-15-3-2-10-26-15/h1-10H,11-12H2. The zero-order valence-corrected chi connectivity index (χ0v) is 15.2. The van der Waals surface area contributed by atoms with E-state index in [0.717, 1.165) is 10.4 Å². The van der Waals surface area contributed by atoms with E-state index in [1.807, 2.05) is 29.6 Å². The Morgan fingerprint density at radius 1 is 0.962 bits per heavy atom. The van der Waals surface area contributed by atoms with E-state index in [4.69, 9.17) is 11.6 Å². The molecule has 3 aromatic heterocycles. The highest BCUT2D eigenvalue weighted by atomic mass is 35.5. The number of fused-ring (bicyclic) bond motifs is 1. The molecule has 0 aliphatic heterocycles. The van der Waals surface area contributed by atoms with E-state index < -0.39 is 0 Å². The van der Waals surface area contributed by atoms with E-state index in [-0.39, 0.29) is 17.8 Å². The normalized spacial score (nSPS) is 11.1. The summed E-state index contributed by atoms with van der Waals surface area (Å²) in [5, 5.41) is 2.99. The van der Waals surface area contributed by atoms with Gasteiger partial charge in [-0.2, -0.15) is 0 Å². The number of thiophene rings is 1. The molecule has 0 N–H and O–H groups in total. The first-order valence-corrected chi connectivity index (χ1v) is 9.24. The molecule has 0 fully saturated rings. The lowest BCUT2D eigenvalue weighted by atomic mass is 10.2. The Balaban J connectivity index is 1.91. The predicted molar refractivity (Wildman–Crippen MR) is 104 cm³/mol. The molecule has 0 radical (unpaired) electrons. The Morgan fingerprint density at radius 2 is 1.77 bits per heavy atom. The monoisotopic (exact) mass is 383 g/mol. The smallest absolute Gasteiger partial charge is 0.273 e. The van der Waals surface area contributed by atoms with Crippen LogP contribution < -0.4 is 11.2 Å². The number of pyridine rings is 1. The van der Waals surface area contributed by atoms with Crippen molar-refractivity contribution in [2.24, 2.45) is 0 Å². The summed E-state index contributed by atoms with van der Waals surface area (Å²) < 4.78 is 2.80. The molecule has 4 aromatic rings. The Hall–Kier alpha value is -2.70. The van der Waals surface area contributed by atoms with Crippen LogP contribution in [0, 0.1) is 0 Å². The first-order valence-electron chi connectivity index (χ1n) is 7.98. The van der Waals surface area contributed by atoms with Gasteiger partial charge in [0.15, 0.2) is 0 Å². The number of hydrogen-bond donors (Lipinski definition) is 0. The maximum absolute atomic E-state index is 13.1. The summed E-state index contributed by atoms with van der Waals surface area (Å²) in [6.07, 6.45) is 1.59. The van der Waals surface area contributed by atoms with Gasteiger partial charge in [-0.05, 0) is 41.3 Å². The summed E-state index contributed by atoms with van der Waals surface area (Å²) in [4.78, 5) is 31.1. The van der Waals surface area contributed by atoms with Gasteiger partial charge in [0.1, 0.15) is 5.65 Å². The molecule has 0 spiro atoms. The quantitative estimate of drug-likeness (QED) is 0.543. The van der Waals surface area contributed by atoms with Crippen molar-refractivity contribution in [3.05, 3.63) is 96.4 Å². The van der Waals surface area contributed by atoms with Crippen LogP contribution in [0.25, 0.3) is 11.0 Å². The fraction of sp³-hybridized carbons (Fsp3) is 0.105. The molecule has 7 heteroatoms. The van der Waals surface area contributed by atoms with E-state index in [2.05, 4.69) is 4.98 Å². The van der Waals surface area contributed by atoms with E-state index in [0.29, 0.717) is 22.6 Å². The second-order valence-corrected chi connectivity index (χ2v) is 7.31. The molecular weight excluding hydrogens is 370 g/mol. The lowest BCUT2D eigenvalue weighted by Gasteiger charge is -2.13. The van der Waals surface area contributed by atoms with Gasteiger partial charge in [-0.1, -0.05) is 29.8 Å². The summed E-state index contributed by atoms with van der Waals surface area (Å²) in [7, 11) is 0. The van der Waals surface area contributed by atoms with Gasteiger partial charge in [0, 0.05) is 16.1 Å². The highest BCUT2D eigenvalue weighted by Crippen LogP contribution is 2.13. The number of rotatable bonds is 4. The first kappa shape index (κ1) is 16.8. The molecule has 0 amide bonds. The van der Waals surface area contributed by atoms with Crippen LogP contribution in [0.3, 0.4) is 0 Å². The zero-order chi connectivity index (χ0) is 18.1. The van der Waals surface area contributed by atoms with Crippen LogP contribution in [0.2, 0.25) is 5.02 Å².